The number of hydrogen-bond acceptors (Lipinski definition) is 6. The van der Waals surface area contributed by atoms with E-state index >= 15 is 0 Å². The standard InChI is InChI=1S/C35H41N3O6/c1-5-34-17-18-35(44-34)29(28(34)31(40)36-24-13-15-26(16-14-24)43-6-2)33(42)38(27(20-39)21(3)4)30(35)32(41)37-25-12-11-22-9-7-8-10-23(22)19-25/h7-16,19,21,27-30,39H,5-6,17-18,20H2,1-4H3,(H,36,40)(H,37,41)/t27-,28-,29-,30?,34+,35?/m0/s1. The van der Waals surface area contributed by atoms with Crippen molar-refractivity contribution in [2.45, 2.75) is 70.2 Å². The van der Waals surface area contributed by atoms with Crippen LogP contribution in [0.5, 0.6) is 5.75 Å². The van der Waals surface area contributed by atoms with Gasteiger partial charge in [-0.1, -0.05) is 51.1 Å². The Hall–Kier alpha value is -3.95. The highest BCUT2D eigenvalue weighted by molar-refractivity contribution is 6.06. The van der Waals surface area contributed by atoms with Crippen LogP contribution in [0.4, 0.5) is 11.4 Å². The van der Waals surface area contributed by atoms with Crippen LogP contribution in [0.25, 0.3) is 10.8 Å². The summed E-state index contributed by atoms with van der Waals surface area (Å²) in [5.41, 5.74) is -0.883. The first-order valence-corrected chi connectivity index (χ1v) is 15.6. The monoisotopic (exact) mass is 599 g/mol. The molecule has 9 nitrogen and oxygen atoms in total. The van der Waals surface area contributed by atoms with Gasteiger partial charge in [0.05, 0.1) is 36.7 Å². The Bertz CT molecular complexity index is 1570. The van der Waals surface area contributed by atoms with E-state index in [1.165, 1.54) is 4.90 Å². The second-order valence-electron chi connectivity index (χ2n) is 12.6. The Morgan fingerprint density at radius 2 is 1.66 bits per heavy atom. The quantitative estimate of drug-likeness (QED) is 0.303. The summed E-state index contributed by atoms with van der Waals surface area (Å²) in [6, 6.07) is 19.1. The maximum Gasteiger partial charge on any atom is 0.250 e. The molecular weight excluding hydrogens is 558 g/mol. The normalized spacial score (nSPS) is 27.9. The molecule has 9 heteroatoms. The van der Waals surface area contributed by atoms with Crippen molar-refractivity contribution in [2.24, 2.45) is 17.8 Å². The van der Waals surface area contributed by atoms with E-state index in [2.05, 4.69) is 10.6 Å². The smallest absolute Gasteiger partial charge is 0.250 e. The third-order valence-corrected chi connectivity index (χ3v) is 9.91. The van der Waals surface area contributed by atoms with Crippen LogP contribution < -0.4 is 15.4 Å². The number of hydrogen-bond donors (Lipinski definition) is 3. The van der Waals surface area contributed by atoms with Crippen molar-refractivity contribution < 1.29 is 29.0 Å². The van der Waals surface area contributed by atoms with Gasteiger partial charge in [-0.05, 0) is 79.3 Å². The van der Waals surface area contributed by atoms with Gasteiger partial charge < -0.3 is 30.1 Å². The maximum atomic E-state index is 14.5. The molecular formula is C35H41N3O6. The first-order chi connectivity index (χ1) is 21.2. The molecule has 3 heterocycles. The summed E-state index contributed by atoms with van der Waals surface area (Å²) in [7, 11) is 0. The summed E-state index contributed by atoms with van der Waals surface area (Å²) in [6.07, 6.45) is 1.53. The maximum absolute atomic E-state index is 14.5. The van der Waals surface area contributed by atoms with Crippen molar-refractivity contribution in [3.63, 3.8) is 0 Å². The van der Waals surface area contributed by atoms with E-state index in [1.807, 2.05) is 70.2 Å². The Morgan fingerprint density at radius 1 is 0.977 bits per heavy atom. The average Bonchev–Trinajstić information content (AvgIpc) is 3.62. The lowest BCUT2D eigenvalue weighted by atomic mass is 9.65. The molecule has 3 amide bonds. The molecule has 3 aromatic carbocycles. The number of carbonyl (C=O) groups excluding carboxylic acids is 3. The second-order valence-corrected chi connectivity index (χ2v) is 12.6. The van der Waals surface area contributed by atoms with Crippen molar-refractivity contribution in [2.75, 3.05) is 23.8 Å². The zero-order valence-corrected chi connectivity index (χ0v) is 25.7. The van der Waals surface area contributed by atoms with E-state index in [4.69, 9.17) is 9.47 Å². The Labute approximate surface area is 257 Å². The Morgan fingerprint density at radius 3 is 2.32 bits per heavy atom. The first-order valence-electron chi connectivity index (χ1n) is 15.6. The van der Waals surface area contributed by atoms with Gasteiger partial charge in [-0.15, -0.1) is 0 Å². The molecule has 1 spiro atoms. The van der Waals surface area contributed by atoms with Gasteiger partial charge in [-0.25, -0.2) is 0 Å². The molecule has 6 rings (SSSR count). The van der Waals surface area contributed by atoms with Gasteiger partial charge in [0.15, 0.2) is 0 Å². The largest absolute Gasteiger partial charge is 0.494 e. The molecule has 3 aromatic rings. The van der Waals surface area contributed by atoms with E-state index < -0.39 is 35.1 Å². The lowest BCUT2D eigenvalue weighted by molar-refractivity contribution is -0.149. The Kier molecular flexibility index (Phi) is 7.88. The van der Waals surface area contributed by atoms with E-state index in [-0.39, 0.29) is 30.2 Å². The summed E-state index contributed by atoms with van der Waals surface area (Å²) in [4.78, 5) is 44.5. The number of aliphatic hydroxyl groups is 1. The molecule has 3 aliphatic heterocycles. The fraction of sp³-hybridized carbons (Fsp3) is 0.457. The number of aliphatic hydroxyl groups excluding tert-OH is 1. The molecule has 3 N–H and O–H groups in total. The van der Waals surface area contributed by atoms with Crippen LogP contribution >= 0.6 is 0 Å². The number of rotatable bonds is 10. The van der Waals surface area contributed by atoms with E-state index in [9.17, 15) is 19.5 Å². The predicted molar refractivity (Wildman–Crippen MR) is 168 cm³/mol. The van der Waals surface area contributed by atoms with Crippen LogP contribution in [0.1, 0.15) is 47.0 Å². The minimum Gasteiger partial charge on any atom is -0.494 e. The van der Waals surface area contributed by atoms with Crippen LogP contribution in [0, 0.1) is 17.8 Å². The summed E-state index contributed by atoms with van der Waals surface area (Å²) in [5.74, 6) is -2.11. The van der Waals surface area contributed by atoms with Gasteiger partial charge in [-0.3, -0.25) is 14.4 Å². The number of benzene rings is 3. The Balaban J connectivity index is 1.37. The summed E-state index contributed by atoms with van der Waals surface area (Å²) in [5, 5.41) is 18.6. The van der Waals surface area contributed by atoms with Crippen molar-refractivity contribution in [3.05, 3.63) is 66.7 Å². The summed E-state index contributed by atoms with van der Waals surface area (Å²) < 4.78 is 12.4. The first kappa shape index (κ1) is 30.1. The number of fused-ring (bicyclic) bond motifs is 2. The van der Waals surface area contributed by atoms with Crippen LogP contribution in [-0.4, -0.2) is 64.2 Å². The SMILES string of the molecule is CCOc1ccc(NC(=O)[C@@H]2[C@H]3C(=O)N([C@@H](CO)C(C)C)C(C(=O)Nc4ccc5ccccc5c4)C34CC[C@@]2(CC)O4)cc1. The third-order valence-electron chi connectivity index (χ3n) is 9.91. The number of likely N-dealkylation sites (tertiary alicyclic amines) is 1. The lowest BCUT2D eigenvalue weighted by Crippen LogP contribution is -2.57. The van der Waals surface area contributed by atoms with Crippen LogP contribution in [0.2, 0.25) is 0 Å². The molecule has 2 unspecified atom stereocenters. The highest BCUT2D eigenvalue weighted by Crippen LogP contribution is 2.64. The van der Waals surface area contributed by atoms with Crippen molar-refractivity contribution >= 4 is 39.9 Å². The van der Waals surface area contributed by atoms with Crippen molar-refractivity contribution in [1.29, 1.82) is 0 Å². The molecule has 232 valence electrons. The predicted octanol–water partition coefficient (Wildman–Crippen LogP) is 4.99. The van der Waals surface area contributed by atoms with Crippen molar-refractivity contribution in [1.82, 2.24) is 4.90 Å². The number of carbonyl (C=O) groups is 3. The topological polar surface area (TPSA) is 117 Å². The zero-order chi connectivity index (χ0) is 31.2. The van der Waals surface area contributed by atoms with Crippen LogP contribution in [0.15, 0.2) is 66.7 Å². The summed E-state index contributed by atoms with van der Waals surface area (Å²) >= 11 is 0. The van der Waals surface area contributed by atoms with E-state index in [1.54, 1.807) is 24.3 Å². The van der Waals surface area contributed by atoms with Crippen LogP contribution in [0.3, 0.4) is 0 Å². The molecule has 0 saturated carbocycles. The number of nitrogens with zero attached hydrogens (tertiary/aromatic N) is 1. The van der Waals surface area contributed by atoms with Gasteiger partial charge >= 0.3 is 0 Å². The van der Waals surface area contributed by atoms with Crippen molar-refractivity contribution in [3.8, 4) is 5.75 Å². The number of amides is 3. The lowest BCUT2D eigenvalue weighted by Gasteiger charge is -2.38. The van der Waals surface area contributed by atoms with Gasteiger partial charge in [0.1, 0.15) is 17.4 Å². The zero-order valence-electron chi connectivity index (χ0n) is 25.7. The van der Waals surface area contributed by atoms with Crippen LogP contribution in [-0.2, 0) is 19.1 Å². The third kappa shape index (κ3) is 4.73. The van der Waals surface area contributed by atoms with Gasteiger partial charge in [0, 0.05) is 11.4 Å². The van der Waals surface area contributed by atoms with Gasteiger partial charge in [-0.2, -0.15) is 0 Å². The number of anilines is 2. The molecule has 0 aromatic heterocycles. The minimum absolute atomic E-state index is 0.136. The van der Waals surface area contributed by atoms with Gasteiger partial charge in [0.2, 0.25) is 17.7 Å². The van der Waals surface area contributed by atoms with Gasteiger partial charge in [0.25, 0.3) is 0 Å². The minimum atomic E-state index is -1.20. The molecule has 0 radical (unpaired) electrons. The number of ether oxygens (including phenoxy) is 2. The molecule has 3 fully saturated rings. The number of nitrogens with one attached hydrogen (secondary N) is 2. The summed E-state index contributed by atoms with van der Waals surface area (Å²) in [6.45, 7) is 7.93. The fourth-order valence-electron chi connectivity index (χ4n) is 7.83. The van der Waals surface area contributed by atoms with E-state index in [0.29, 0.717) is 43.0 Å². The molecule has 44 heavy (non-hydrogen) atoms. The highest BCUT2D eigenvalue weighted by atomic mass is 16.5. The molecule has 6 atom stereocenters. The fourth-order valence-corrected chi connectivity index (χ4v) is 7.83. The second kappa shape index (κ2) is 11.5. The molecule has 3 aliphatic rings. The average molecular weight is 600 g/mol. The van der Waals surface area contributed by atoms with E-state index in [0.717, 1.165) is 10.8 Å². The molecule has 3 saturated heterocycles. The molecule has 2 bridgehead atoms. The highest BCUT2D eigenvalue weighted by Gasteiger charge is 2.79. The molecule has 0 aliphatic carbocycles.